The van der Waals surface area contributed by atoms with Crippen LogP contribution in [0.15, 0.2) is 24.5 Å². The van der Waals surface area contributed by atoms with Crippen molar-refractivity contribution in [2.24, 2.45) is 5.92 Å². The number of nitrogens with zero attached hydrogens (tertiary/aromatic N) is 1. The van der Waals surface area contributed by atoms with Crippen LogP contribution >= 0.6 is 0 Å². The fourth-order valence-electron chi connectivity index (χ4n) is 1.39. The lowest BCUT2D eigenvalue weighted by Gasteiger charge is -2.11. The molecule has 0 saturated heterocycles. The van der Waals surface area contributed by atoms with Gasteiger partial charge in [0.25, 0.3) is 0 Å². The summed E-state index contributed by atoms with van der Waals surface area (Å²) < 4.78 is 4.86. The Hall–Kier alpha value is -1.71. The van der Waals surface area contributed by atoms with Crippen LogP contribution in [-0.2, 0) is 20.7 Å². The second-order valence-corrected chi connectivity index (χ2v) is 3.48. The second kappa shape index (κ2) is 6.00. The van der Waals surface area contributed by atoms with Crippen LogP contribution in [0.4, 0.5) is 0 Å². The number of carbonyl (C=O) groups is 2. The molecule has 0 aliphatic rings. The summed E-state index contributed by atoms with van der Waals surface area (Å²) in [6, 6.07) is 3.61. The van der Waals surface area contributed by atoms with Crippen molar-refractivity contribution in [1.29, 1.82) is 0 Å². The molecule has 0 radical (unpaired) electrons. The van der Waals surface area contributed by atoms with E-state index in [-0.39, 0.29) is 12.4 Å². The summed E-state index contributed by atoms with van der Waals surface area (Å²) >= 11 is 0. The maximum Gasteiger partial charge on any atom is 0.316 e. The van der Waals surface area contributed by atoms with E-state index < -0.39 is 11.9 Å². The van der Waals surface area contributed by atoms with Gasteiger partial charge in [0.1, 0.15) is 11.7 Å². The van der Waals surface area contributed by atoms with Crippen molar-refractivity contribution in [3.8, 4) is 0 Å². The Morgan fingerprint density at radius 1 is 1.50 bits per heavy atom. The fourth-order valence-corrected chi connectivity index (χ4v) is 1.39. The zero-order valence-corrected chi connectivity index (χ0v) is 9.47. The highest BCUT2D eigenvalue weighted by molar-refractivity contribution is 5.97. The molecule has 0 aliphatic carbocycles. The zero-order valence-electron chi connectivity index (χ0n) is 9.47. The lowest BCUT2D eigenvalue weighted by Crippen LogP contribution is -2.26. The topological polar surface area (TPSA) is 56.3 Å². The van der Waals surface area contributed by atoms with E-state index in [1.54, 1.807) is 25.4 Å². The van der Waals surface area contributed by atoms with Crippen LogP contribution in [-0.4, -0.2) is 23.3 Å². The number of rotatable bonds is 5. The predicted molar refractivity (Wildman–Crippen MR) is 58.7 cm³/mol. The molecular weight excluding hydrogens is 206 g/mol. The van der Waals surface area contributed by atoms with Crippen LogP contribution in [0.5, 0.6) is 0 Å². The SMILES string of the molecule is CCOC(=O)C(Cc1cccnc1)C(C)=O. The maximum absolute atomic E-state index is 11.5. The van der Waals surface area contributed by atoms with Gasteiger partial charge < -0.3 is 4.74 Å². The highest BCUT2D eigenvalue weighted by Gasteiger charge is 2.24. The molecule has 4 heteroatoms. The molecule has 1 rings (SSSR count). The molecule has 0 aliphatic heterocycles. The van der Waals surface area contributed by atoms with Gasteiger partial charge in [-0.2, -0.15) is 0 Å². The van der Waals surface area contributed by atoms with Crippen molar-refractivity contribution in [3.63, 3.8) is 0 Å². The predicted octanol–water partition coefficient (Wildman–Crippen LogP) is 1.39. The summed E-state index contributed by atoms with van der Waals surface area (Å²) in [7, 11) is 0. The highest BCUT2D eigenvalue weighted by Crippen LogP contribution is 2.10. The Morgan fingerprint density at radius 2 is 2.25 bits per heavy atom. The number of ether oxygens (including phenoxy) is 1. The van der Waals surface area contributed by atoms with Crippen molar-refractivity contribution in [1.82, 2.24) is 4.98 Å². The van der Waals surface area contributed by atoms with Gasteiger partial charge >= 0.3 is 5.97 Å². The molecule has 86 valence electrons. The molecule has 0 aromatic carbocycles. The summed E-state index contributed by atoms with van der Waals surface area (Å²) in [5.41, 5.74) is 0.857. The molecule has 0 fully saturated rings. The average molecular weight is 221 g/mol. The van der Waals surface area contributed by atoms with E-state index in [4.69, 9.17) is 4.74 Å². The molecule has 16 heavy (non-hydrogen) atoms. The van der Waals surface area contributed by atoms with Gasteiger partial charge in [-0.15, -0.1) is 0 Å². The second-order valence-electron chi connectivity index (χ2n) is 3.48. The Kier molecular flexibility index (Phi) is 4.64. The van der Waals surface area contributed by atoms with Gasteiger partial charge in [0.15, 0.2) is 0 Å². The molecule has 1 aromatic rings. The van der Waals surface area contributed by atoms with Gasteiger partial charge in [0.2, 0.25) is 0 Å². The Bertz CT molecular complexity index is 362. The van der Waals surface area contributed by atoms with Crippen LogP contribution in [0.3, 0.4) is 0 Å². The molecule has 4 nitrogen and oxygen atoms in total. The third-order valence-electron chi connectivity index (χ3n) is 2.22. The summed E-state index contributed by atoms with van der Waals surface area (Å²) in [6.07, 6.45) is 3.65. The summed E-state index contributed by atoms with van der Waals surface area (Å²) in [5.74, 6) is -1.36. The molecule has 0 spiro atoms. The standard InChI is InChI=1S/C12H15NO3/c1-3-16-12(15)11(9(2)14)7-10-5-4-6-13-8-10/h4-6,8,11H,3,7H2,1-2H3. The molecule has 1 atom stereocenters. The Labute approximate surface area is 94.6 Å². The highest BCUT2D eigenvalue weighted by atomic mass is 16.5. The minimum absolute atomic E-state index is 0.178. The number of esters is 1. The first-order valence-corrected chi connectivity index (χ1v) is 5.21. The van der Waals surface area contributed by atoms with Crippen molar-refractivity contribution >= 4 is 11.8 Å². The quantitative estimate of drug-likeness (QED) is 0.557. The van der Waals surface area contributed by atoms with Gasteiger partial charge in [-0.3, -0.25) is 14.6 Å². The lowest BCUT2D eigenvalue weighted by atomic mass is 9.97. The number of Topliss-reactive ketones (excluding diaryl/α,β-unsaturated/α-hetero) is 1. The lowest BCUT2D eigenvalue weighted by molar-refractivity contribution is -0.151. The van der Waals surface area contributed by atoms with E-state index >= 15 is 0 Å². The molecule has 0 bridgehead atoms. The first-order valence-electron chi connectivity index (χ1n) is 5.21. The number of pyridine rings is 1. The molecule has 1 unspecified atom stereocenters. The van der Waals surface area contributed by atoms with E-state index in [2.05, 4.69) is 4.98 Å². The third-order valence-corrected chi connectivity index (χ3v) is 2.22. The summed E-state index contributed by atoms with van der Waals surface area (Å²) in [4.78, 5) is 26.8. The van der Waals surface area contributed by atoms with Gasteiger partial charge in [-0.1, -0.05) is 6.07 Å². The van der Waals surface area contributed by atoms with E-state index in [0.29, 0.717) is 6.42 Å². The van der Waals surface area contributed by atoms with Crippen molar-refractivity contribution in [2.45, 2.75) is 20.3 Å². The largest absolute Gasteiger partial charge is 0.465 e. The van der Waals surface area contributed by atoms with Crippen molar-refractivity contribution in [3.05, 3.63) is 30.1 Å². The van der Waals surface area contributed by atoms with Crippen LogP contribution in [0.2, 0.25) is 0 Å². The smallest absolute Gasteiger partial charge is 0.316 e. The minimum atomic E-state index is -0.718. The molecule has 1 heterocycles. The number of hydrogen-bond donors (Lipinski definition) is 0. The number of ketones is 1. The molecule has 0 amide bonds. The monoisotopic (exact) mass is 221 g/mol. The van der Waals surface area contributed by atoms with E-state index in [1.807, 2.05) is 6.07 Å². The summed E-state index contributed by atoms with van der Waals surface area (Å²) in [5, 5.41) is 0. The van der Waals surface area contributed by atoms with Gasteiger partial charge in [-0.05, 0) is 31.9 Å². The maximum atomic E-state index is 11.5. The van der Waals surface area contributed by atoms with Gasteiger partial charge in [0.05, 0.1) is 6.61 Å². The van der Waals surface area contributed by atoms with Crippen LogP contribution < -0.4 is 0 Å². The molecular formula is C12H15NO3. The summed E-state index contributed by atoms with van der Waals surface area (Å²) in [6.45, 7) is 3.41. The molecule has 0 saturated carbocycles. The normalized spacial score (nSPS) is 11.9. The first kappa shape index (κ1) is 12.4. The van der Waals surface area contributed by atoms with Crippen LogP contribution in [0.1, 0.15) is 19.4 Å². The average Bonchev–Trinajstić information content (AvgIpc) is 2.27. The van der Waals surface area contributed by atoms with E-state index in [0.717, 1.165) is 5.56 Å². The molecule has 1 aromatic heterocycles. The molecule has 0 N–H and O–H groups in total. The third kappa shape index (κ3) is 3.46. The number of aromatic nitrogens is 1. The Morgan fingerprint density at radius 3 is 2.75 bits per heavy atom. The van der Waals surface area contributed by atoms with Crippen LogP contribution in [0.25, 0.3) is 0 Å². The fraction of sp³-hybridized carbons (Fsp3) is 0.417. The number of carbonyl (C=O) groups excluding carboxylic acids is 2. The van der Waals surface area contributed by atoms with Crippen molar-refractivity contribution < 1.29 is 14.3 Å². The van der Waals surface area contributed by atoms with Crippen molar-refractivity contribution in [2.75, 3.05) is 6.61 Å². The van der Waals surface area contributed by atoms with Crippen LogP contribution in [0, 0.1) is 5.92 Å². The van der Waals surface area contributed by atoms with E-state index in [9.17, 15) is 9.59 Å². The Balaban J connectivity index is 2.73. The van der Waals surface area contributed by atoms with E-state index in [1.165, 1.54) is 6.92 Å². The minimum Gasteiger partial charge on any atom is -0.465 e. The first-order chi connectivity index (χ1) is 7.65. The van der Waals surface area contributed by atoms with Gasteiger partial charge in [-0.25, -0.2) is 0 Å². The zero-order chi connectivity index (χ0) is 12.0. The number of hydrogen-bond acceptors (Lipinski definition) is 4. The van der Waals surface area contributed by atoms with Gasteiger partial charge in [0, 0.05) is 12.4 Å².